The van der Waals surface area contributed by atoms with Crippen LogP contribution in [0.1, 0.15) is 6.42 Å². The predicted molar refractivity (Wildman–Crippen MR) is 71.9 cm³/mol. The molecule has 0 radical (unpaired) electrons. The molecule has 6 heteroatoms. The number of benzene rings is 1. The van der Waals surface area contributed by atoms with E-state index in [0.29, 0.717) is 30.4 Å². The number of aliphatic hydroxyl groups is 1. The van der Waals surface area contributed by atoms with Gasteiger partial charge in [0.15, 0.2) is 0 Å². The van der Waals surface area contributed by atoms with Crippen LogP contribution in [0.3, 0.4) is 0 Å². The lowest BCUT2D eigenvalue weighted by Crippen LogP contribution is -2.07. The summed E-state index contributed by atoms with van der Waals surface area (Å²) in [6, 6.07) is 7.85. The van der Waals surface area contributed by atoms with Crippen LogP contribution in [0.15, 0.2) is 36.5 Å². The van der Waals surface area contributed by atoms with Crippen LogP contribution in [0.4, 0.5) is 21.8 Å². The van der Waals surface area contributed by atoms with E-state index in [0.717, 1.165) is 0 Å². The molecule has 0 amide bonds. The second-order valence-corrected chi connectivity index (χ2v) is 3.90. The van der Waals surface area contributed by atoms with Gasteiger partial charge in [0, 0.05) is 25.0 Å². The highest BCUT2D eigenvalue weighted by Crippen LogP contribution is 2.15. The van der Waals surface area contributed by atoms with Gasteiger partial charge in [0.2, 0.25) is 5.95 Å². The van der Waals surface area contributed by atoms with Crippen molar-refractivity contribution in [1.82, 2.24) is 9.97 Å². The van der Waals surface area contributed by atoms with Crippen LogP contribution < -0.4 is 10.6 Å². The maximum Gasteiger partial charge on any atom is 0.224 e. The van der Waals surface area contributed by atoms with E-state index in [9.17, 15) is 4.39 Å². The third kappa shape index (κ3) is 4.18. The summed E-state index contributed by atoms with van der Waals surface area (Å²) in [5.74, 6) is 0.738. The molecule has 0 aliphatic rings. The van der Waals surface area contributed by atoms with Crippen molar-refractivity contribution in [1.29, 1.82) is 0 Å². The van der Waals surface area contributed by atoms with Gasteiger partial charge in [-0.2, -0.15) is 4.98 Å². The second kappa shape index (κ2) is 6.65. The Balaban J connectivity index is 2.02. The Morgan fingerprint density at radius 1 is 1.26 bits per heavy atom. The van der Waals surface area contributed by atoms with Crippen LogP contribution in [-0.2, 0) is 0 Å². The zero-order valence-electron chi connectivity index (χ0n) is 10.3. The van der Waals surface area contributed by atoms with Gasteiger partial charge in [-0.1, -0.05) is 6.07 Å². The molecule has 1 heterocycles. The maximum absolute atomic E-state index is 13.0. The molecule has 0 unspecified atom stereocenters. The molecule has 5 nitrogen and oxygen atoms in total. The number of nitrogens with one attached hydrogen (secondary N) is 2. The van der Waals surface area contributed by atoms with Crippen molar-refractivity contribution >= 4 is 17.5 Å². The van der Waals surface area contributed by atoms with Gasteiger partial charge in [0.25, 0.3) is 0 Å². The third-order valence-corrected chi connectivity index (χ3v) is 2.37. The molecule has 0 aliphatic heterocycles. The van der Waals surface area contributed by atoms with Crippen molar-refractivity contribution in [2.45, 2.75) is 6.42 Å². The number of aliphatic hydroxyl groups excluding tert-OH is 1. The zero-order valence-corrected chi connectivity index (χ0v) is 10.3. The first-order valence-corrected chi connectivity index (χ1v) is 5.98. The van der Waals surface area contributed by atoms with Gasteiger partial charge in [-0.3, -0.25) is 0 Å². The molecule has 2 aromatic rings. The molecular weight excluding hydrogens is 247 g/mol. The normalized spacial score (nSPS) is 10.2. The summed E-state index contributed by atoms with van der Waals surface area (Å²) < 4.78 is 13.0. The van der Waals surface area contributed by atoms with Crippen molar-refractivity contribution in [2.75, 3.05) is 23.8 Å². The molecule has 1 aromatic carbocycles. The van der Waals surface area contributed by atoms with Gasteiger partial charge >= 0.3 is 0 Å². The minimum absolute atomic E-state index is 0.119. The van der Waals surface area contributed by atoms with Crippen LogP contribution in [-0.4, -0.2) is 28.2 Å². The SMILES string of the molecule is OCCCNc1nccc(Nc2cccc(F)c2)n1. The lowest BCUT2D eigenvalue weighted by molar-refractivity contribution is 0.292. The number of aromatic nitrogens is 2. The molecule has 3 N–H and O–H groups in total. The van der Waals surface area contributed by atoms with Crippen molar-refractivity contribution in [3.05, 3.63) is 42.3 Å². The van der Waals surface area contributed by atoms with Crippen molar-refractivity contribution < 1.29 is 9.50 Å². The highest BCUT2D eigenvalue weighted by molar-refractivity contribution is 5.56. The predicted octanol–water partition coefficient (Wildman–Crippen LogP) is 2.15. The maximum atomic E-state index is 13.0. The summed E-state index contributed by atoms with van der Waals surface area (Å²) in [5, 5.41) is 14.7. The number of halogens is 1. The first kappa shape index (κ1) is 13.2. The van der Waals surface area contributed by atoms with Crippen molar-refractivity contribution in [3.8, 4) is 0 Å². The van der Waals surface area contributed by atoms with Gasteiger partial charge in [-0.25, -0.2) is 9.37 Å². The minimum atomic E-state index is -0.305. The average Bonchev–Trinajstić information content (AvgIpc) is 2.39. The first-order chi connectivity index (χ1) is 9.28. The topological polar surface area (TPSA) is 70.1 Å². The Kier molecular flexibility index (Phi) is 4.63. The Labute approximate surface area is 110 Å². The highest BCUT2D eigenvalue weighted by Gasteiger charge is 2.00. The van der Waals surface area contributed by atoms with Crippen LogP contribution in [0.25, 0.3) is 0 Å². The van der Waals surface area contributed by atoms with E-state index in [1.54, 1.807) is 24.4 Å². The summed E-state index contributed by atoms with van der Waals surface area (Å²) in [7, 11) is 0. The lowest BCUT2D eigenvalue weighted by Gasteiger charge is -2.08. The van der Waals surface area contributed by atoms with E-state index >= 15 is 0 Å². The largest absolute Gasteiger partial charge is 0.396 e. The summed E-state index contributed by atoms with van der Waals surface area (Å²) in [5.41, 5.74) is 0.625. The van der Waals surface area contributed by atoms with Gasteiger partial charge in [-0.15, -0.1) is 0 Å². The molecule has 19 heavy (non-hydrogen) atoms. The van der Waals surface area contributed by atoms with Gasteiger partial charge in [-0.05, 0) is 30.7 Å². The molecule has 0 spiro atoms. The lowest BCUT2D eigenvalue weighted by atomic mass is 10.3. The smallest absolute Gasteiger partial charge is 0.224 e. The van der Waals surface area contributed by atoms with Gasteiger partial charge < -0.3 is 15.7 Å². The highest BCUT2D eigenvalue weighted by atomic mass is 19.1. The van der Waals surface area contributed by atoms with Gasteiger partial charge in [0.05, 0.1) is 0 Å². The number of hydrogen-bond acceptors (Lipinski definition) is 5. The number of anilines is 3. The van der Waals surface area contributed by atoms with Crippen LogP contribution >= 0.6 is 0 Å². The molecule has 1 aromatic heterocycles. The van der Waals surface area contributed by atoms with E-state index in [1.165, 1.54) is 12.1 Å². The second-order valence-electron chi connectivity index (χ2n) is 3.90. The van der Waals surface area contributed by atoms with Crippen LogP contribution in [0, 0.1) is 5.82 Å². The van der Waals surface area contributed by atoms with E-state index in [1.807, 2.05) is 0 Å². The zero-order chi connectivity index (χ0) is 13.5. The van der Waals surface area contributed by atoms with Crippen LogP contribution in [0.2, 0.25) is 0 Å². The molecule has 100 valence electrons. The monoisotopic (exact) mass is 262 g/mol. The van der Waals surface area contributed by atoms with Crippen LogP contribution in [0.5, 0.6) is 0 Å². The fourth-order valence-corrected chi connectivity index (χ4v) is 1.51. The molecule has 0 bridgehead atoms. The van der Waals surface area contributed by atoms with Gasteiger partial charge in [0.1, 0.15) is 11.6 Å². The summed E-state index contributed by atoms with van der Waals surface area (Å²) in [6.45, 7) is 0.716. The minimum Gasteiger partial charge on any atom is -0.396 e. The van der Waals surface area contributed by atoms with E-state index < -0.39 is 0 Å². The molecular formula is C13H15FN4O. The summed E-state index contributed by atoms with van der Waals surface area (Å²) in [4.78, 5) is 8.28. The van der Waals surface area contributed by atoms with E-state index in [-0.39, 0.29) is 12.4 Å². The average molecular weight is 262 g/mol. The first-order valence-electron chi connectivity index (χ1n) is 5.98. The third-order valence-electron chi connectivity index (χ3n) is 2.37. The number of nitrogens with zero attached hydrogens (tertiary/aromatic N) is 2. The molecule has 0 saturated carbocycles. The number of hydrogen-bond donors (Lipinski definition) is 3. The molecule has 0 saturated heterocycles. The van der Waals surface area contributed by atoms with E-state index in [2.05, 4.69) is 20.6 Å². The van der Waals surface area contributed by atoms with Crippen molar-refractivity contribution in [2.24, 2.45) is 0 Å². The fraction of sp³-hybridized carbons (Fsp3) is 0.231. The Hall–Kier alpha value is -2.21. The quantitative estimate of drug-likeness (QED) is 0.696. The summed E-state index contributed by atoms with van der Waals surface area (Å²) in [6.07, 6.45) is 2.24. The fourth-order valence-electron chi connectivity index (χ4n) is 1.51. The molecule has 0 aliphatic carbocycles. The Bertz CT molecular complexity index is 536. The Morgan fingerprint density at radius 3 is 2.95 bits per heavy atom. The number of rotatable bonds is 6. The van der Waals surface area contributed by atoms with E-state index in [4.69, 9.17) is 5.11 Å². The molecule has 2 rings (SSSR count). The van der Waals surface area contributed by atoms with Crippen molar-refractivity contribution in [3.63, 3.8) is 0 Å². The standard InChI is InChI=1S/C13H15FN4O/c14-10-3-1-4-11(9-10)17-12-5-7-16-13(18-12)15-6-2-8-19/h1,3-5,7,9,19H,2,6,8H2,(H2,15,16,17,18). The molecule has 0 atom stereocenters. The molecule has 0 fully saturated rings. The summed E-state index contributed by atoms with van der Waals surface area (Å²) >= 11 is 0. The Morgan fingerprint density at radius 2 is 2.16 bits per heavy atom.